The van der Waals surface area contributed by atoms with E-state index in [4.69, 9.17) is 4.74 Å². The third-order valence-electron chi connectivity index (χ3n) is 3.78. The molecular weight excluding hydrogens is 354 g/mol. The van der Waals surface area contributed by atoms with Crippen LogP contribution < -0.4 is 10.1 Å². The molecule has 0 radical (unpaired) electrons. The Balaban J connectivity index is 2.55. The molecule has 2 atom stereocenters. The summed E-state index contributed by atoms with van der Waals surface area (Å²) in [5, 5.41) is 22.0. The number of hydrogen-bond donors (Lipinski definition) is 1. The molecule has 8 heteroatoms. The van der Waals surface area contributed by atoms with Crippen LogP contribution in [0, 0.1) is 28.6 Å². The maximum atomic E-state index is 12.4. The highest BCUT2D eigenvalue weighted by molar-refractivity contribution is 8.03. The van der Waals surface area contributed by atoms with Gasteiger partial charge in [0.25, 0.3) is 0 Å². The molecule has 0 unspecified atom stereocenters. The largest absolute Gasteiger partial charge is 0.494 e. The summed E-state index contributed by atoms with van der Waals surface area (Å²) in [6.07, 6.45) is 0. The van der Waals surface area contributed by atoms with E-state index < -0.39 is 23.7 Å². The van der Waals surface area contributed by atoms with Crippen molar-refractivity contribution in [1.82, 2.24) is 5.32 Å². The first-order chi connectivity index (χ1) is 12.6. The molecule has 7 nitrogen and oxygen atoms in total. The number of hydrogen-bond acceptors (Lipinski definition) is 7. The number of nitrogens with zero attached hydrogens (tertiary/aromatic N) is 2. The first kappa shape index (κ1) is 19.4. The third kappa shape index (κ3) is 3.98. The number of amides is 1. The number of esters is 1. The van der Waals surface area contributed by atoms with Crippen molar-refractivity contribution in [3.05, 3.63) is 40.4 Å². The van der Waals surface area contributed by atoms with Gasteiger partial charge in [-0.3, -0.25) is 9.59 Å². The molecule has 0 bridgehead atoms. The van der Waals surface area contributed by atoms with E-state index in [0.717, 1.165) is 11.8 Å². The first-order valence-corrected chi connectivity index (χ1v) is 8.82. The van der Waals surface area contributed by atoms with Crippen LogP contribution in [0.1, 0.15) is 18.4 Å². The minimum absolute atomic E-state index is 0.0612. The maximum absolute atomic E-state index is 12.4. The average Bonchev–Trinajstić information content (AvgIpc) is 2.66. The molecule has 1 aliphatic rings. The minimum atomic E-state index is -1.08. The fraction of sp³-hybridized carbons (Fsp3) is 0.333. The molecule has 134 valence electrons. The van der Waals surface area contributed by atoms with Gasteiger partial charge in [0.15, 0.2) is 0 Å². The van der Waals surface area contributed by atoms with Crippen molar-refractivity contribution in [3.8, 4) is 17.9 Å². The highest BCUT2D eigenvalue weighted by atomic mass is 32.2. The van der Waals surface area contributed by atoms with Crippen molar-refractivity contribution in [3.63, 3.8) is 0 Å². The van der Waals surface area contributed by atoms with Gasteiger partial charge in [-0.2, -0.15) is 10.5 Å². The van der Waals surface area contributed by atoms with Crippen molar-refractivity contribution in [2.45, 2.75) is 12.8 Å². The fourth-order valence-electron chi connectivity index (χ4n) is 2.63. The molecule has 0 saturated heterocycles. The smallest absolute Gasteiger partial charge is 0.316 e. The monoisotopic (exact) mass is 371 g/mol. The molecule has 0 saturated carbocycles. The minimum Gasteiger partial charge on any atom is -0.494 e. The first-order valence-electron chi connectivity index (χ1n) is 7.83. The van der Waals surface area contributed by atoms with Crippen LogP contribution in [0.2, 0.25) is 0 Å². The number of thioether (sulfide) groups is 1. The van der Waals surface area contributed by atoms with Crippen molar-refractivity contribution in [2.24, 2.45) is 5.92 Å². The van der Waals surface area contributed by atoms with Gasteiger partial charge in [0.1, 0.15) is 11.7 Å². The number of para-hydroxylation sites is 1. The quantitative estimate of drug-likeness (QED) is 0.762. The molecule has 0 fully saturated rings. The Bertz CT molecular complexity index is 822. The van der Waals surface area contributed by atoms with Crippen molar-refractivity contribution >= 4 is 23.6 Å². The summed E-state index contributed by atoms with van der Waals surface area (Å²) < 4.78 is 10.2. The summed E-state index contributed by atoms with van der Waals surface area (Å²) in [6.45, 7) is 2.23. The van der Waals surface area contributed by atoms with Gasteiger partial charge in [0, 0.05) is 5.56 Å². The number of allylic oxidation sites excluding steroid dienone is 1. The molecule has 0 aromatic heterocycles. The van der Waals surface area contributed by atoms with E-state index in [1.54, 1.807) is 24.3 Å². The number of carbonyl (C=O) groups is 2. The van der Waals surface area contributed by atoms with E-state index in [0.29, 0.717) is 17.9 Å². The molecule has 0 aliphatic carbocycles. The number of rotatable bonds is 6. The van der Waals surface area contributed by atoms with Crippen molar-refractivity contribution < 1.29 is 19.1 Å². The van der Waals surface area contributed by atoms with Crippen LogP contribution in [0.15, 0.2) is 34.9 Å². The molecule has 1 aliphatic heterocycles. The lowest BCUT2D eigenvalue weighted by Gasteiger charge is -2.29. The van der Waals surface area contributed by atoms with E-state index in [2.05, 4.69) is 16.1 Å². The van der Waals surface area contributed by atoms with Gasteiger partial charge in [-0.05, 0) is 13.0 Å². The summed E-state index contributed by atoms with van der Waals surface area (Å²) in [4.78, 5) is 23.8. The van der Waals surface area contributed by atoms with Crippen LogP contribution in [-0.2, 0) is 14.3 Å². The fourth-order valence-corrected chi connectivity index (χ4v) is 3.51. The lowest BCUT2D eigenvalue weighted by atomic mass is 9.79. The lowest BCUT2D eigenvalue weighted by Crippen LogP contribution is -2.39. The number of benzene rings is 1. The van der Waals surface area contributed by atoms with Crippen LogP contribution >= 0.6 is 11.8 Å². The zero-order chi connectivity index (χ0) is 19.1. The molecular formula is C18H17N3O4S. The van der Waals surface area contributed by atoms with E-state index in [1.165, 1.54) is 7.11 Å². The Morgan fingerprint density at radius 3 is 2.69 bits per heavy atom. The third-order valence-corrected chi connectivity index (χ3v) is 4.77. The second kappa shape index (κ2) is 8.93. The Morgan fingerprint density at radius 1 is 1.35 bits per heavy atom. The SMILES string of the molecule is CCOc1ccccc1[C@@H]1C(C#N)=C(SCC(=O)OC)NC(=O)[C@H]1C#N. The predicted molar refractivity (Wildman–Crippen MR) is 94.7 cm³/mol. The topological polar surface area (TPSA) is 112 Å². The summed E-state index contributed by atoms with van der Waals surface area (Å²) in [6, 6.07) is 11.1. The standard InChI is InChI=1S/C18H17N3O4S/c1-3-25-14-7-5-4-6-11(14)16-12(8-19)17(23)21-18(13(16)9-20)26-10-15(22)24-2/h4-7,12,16H,3,10H2,1-2H3,(H,21,23)/t12-,16-/m0/s1. The van der Waals surface area contributed by atoms with E-state index >= 15 is 0 Å². The van der Waals surface area contributed by atoms with Gasteiger partial charge >= 0.3 is 5.97 Å². The Morgan fingerprint density at radius 2 is 2.08 bits per heavy atom. The van der Waals surface area contributed by atoms with Crippen LogP contribution in [0.5, 0.6) is 5.75 Å². The van der Waals surface area contributed by atoms with E-state index in [9.17, 15) is 20.1 Å². The maximum Gasteiger partial charge on any atom is 0.316 e. The molecule has 1 aromatic carbocycles. The normalized spacial score (nSPS) is 19.2. The highest BCUT2D eigenvalue weighted by Crippen LogP contribution is 2.42. The summed E-state index contributed by atoms with van der Waals surface area (Å²) in [5.74, 6) is -2.40. The Kier molecular flexibility index (Phi) is 6.65. The lowest BCUT2D eigenvalue weighted by molar-refractivity contribution is -0.137. The van der Waals surface area contributed by atoms with Gasteiger partial charge in [0.05, 0.1) is 48.1 Å². The summed E-state index contributed by atoms with van der Waals surface area (Å²) in [5.41, 5.74) is 0.806. The van der Waals surface area contributed by atoms with Gasteiger partial charge in [-0.15, -0.1) is 0 Å². The second-order valence-corrected chi connectivity index (χ2v) is 6.25. The zero-order valence-electron chi connectivity index (χ0n) is 14.3. The molecule has 1 N–H and O–H groups in total. The number of ether oxygens (including phenoxy) is 2. The van der Waals surface area contributed by atoms with E-state index in [1.807, 2.05) is 13.0 Å². The molecule has 1 aromatic rings. The van der Waals surface area contributed by atoms with Crippen LogP contribution in [-0.4, -0.2) is 31.3 Å². The van der Waals surface area contributed by atoms with Crippen molar-refractivity contribution in [2.75, 3.05) is 19.5 Å². The molecule has 1 amide bonds. The summed E-state index contributed by atoms with van der Waals surface area (Å²) in [7, 11) is 1.26. The predicted octanol–water partition coefficient (Wildman–Crippen LogP) is 2.08. The van der Waals surface area contributed by atoms with Crippen LogP contribution in [0.25, 0.3) is 0 Å². The van der Waals surface area contributed by atoms with Gasteiger partial charge in [-0.1, -0.05) is 30.0 Å². The number of nitriles is 2. The second-order valence-electron chi connectivity index (χ2n) is 5.26. The van der Waals surface area contributed by atoms with Gasteiger partial charge < -0.3 is 14.8 Å². The van der Waals surface area contributed by atoms with Crippen molar-refractivity contribution in [1.29, 1.82) is 10.5 Å². The van der Waals surface area contributed by atoms with Crippen LogP contribution in [0.4, 0.5) is 0 Å². The van der Waals surface area contributed by atoms with Crippen LogP contribution in [0.3, 0.4) is 0 Å². The van der Waals surface area contributed by atoms with Gasteiger partial charge in [-0.25, -0.2) is 0 Å². The zero-order valence-corrected chi connectivity index (χ0v) is 15.1. The Hall–Kier alpha value is -2.97. The average molecular weight is 371 g/mol. The summed E-state index contributed by atoms with van der Waals surface area (Å²) >= 11 is 0.997. The molecule has 1 heterocycles. The molecule has 26 heavy (non-hydrogen) atoms. The number of nitrogens with one attached hydrogen (secondary N) is 1. The Labute approximate surface area is 155 Å². The van der Waals surface area contributed by atoms with E-state index in [-0.39, 0.29) is 16.4 Å². The highest BCUT2D eigenvalue weighted by Gasteiger charge is 2.40. The molecule has 0 spiro atoms. The van der Waals surface area contributed by atoms with Gasteiger partial charge in [0.2, 0.25) is 5.91 Å². The number of methoxy groups -OCH3 is 1. The number of carbonyl (C=O) groups excluding carboxylic acids is 2. The molecule has 2 rings (SSSR count).